The third-order valence-corrected chi connectivity index (χ3v) is 2.82. The second-order valence-electron chi connectivity index (χ2n) is 3.74. The van der Waals surface area contributed by atoms with E-state index in [1.807, 2.05) is 13.8 Å². The molecule has 0 aliphatic heterocycles. The maximum Gasteiger partial charge on any atom is 0.244 e. The van der Waals surface area contributed by atoms with Crippen LogP contribution in [0.1, 0.15) is 13.8 Å². The minimum Gasteiger partial charge on any atom is -0.342 e. The van der Waals surface area contributed by atoms with E-state index >= 15 is 0 Å². The van der Waals surface area contributed by atoms with E-state index in [-0.39, 0.29) is 18.3 Å². The number of carbonyl (C=O) groups is 1. The van der Waals surface area contributed by atoms with Crippen LogP contribution in [-0.4, -0.2) is 53.6 Å². The molecule has 1 heterocycles. The molecule has 1 amide bonds. The number of hydrogen-bond donors (Lipinski definition) is 1. The number of nitrogens with zero attached hydrogens (tertiary/aromatic N) is 4. The van der Waals surface area contributed by atoms with Crippen LogP contribution in [0.5, 0.6) is 0 Å². The molecule has 9 heteroatoms. The minimum atomic E-state index is -3.38. The van der Waals surface area contributed by atoms with Crippen molar-refractivity contribution < 1.29 is 13.2 Å². The molecule has 0 radical (unpaired) electrons. The quantitative estimate of drug-likeness (QED) is 0.756. The van der Waals surface area contributed by atoms with Crippen molar-refractivity contribution in [2.75, 3.05) is 24.1 Å². The molecule has 0 saturated carbocycles. The van der Waals surface area contributed by atoms with Gasteiger partial charge in [0.1, 0.15) is 6.54 Å². The number of rotatable bonds is 6. The molecule has 0 spiro atoms. The number of likely N-dealkylation sites (N-methyl/N-ethyl adjacent to an activating group) is 1. The van der Waals surface area contributed by atoms with Crippen molar-refractivity contribution >= 4 is 21.7 Å². The van der Waals surface area contributed by atoms with E-state index < -0.39 is 10.0 Å². The zero-order valence-corrected chi connectivity index (χ0v) is 11.4. The predicted molar refractivity (Wildman–Crippen MR) is 66.4 cm³/mol. The summed E-state index contributed by atoms with van der Waals surface area (Å²) in [6.07, 6.45) is 2.40. The number of anilines is 1. The van der Waals surface area contributed by atoms with E-state index in [0.29, 0.717) is 13.1 Å². The summed E-state index contributed by atoms with van der Waals surface area (Å²) in [6, 6.07) is 0. The molecule has 0 aliphatic carbocycles. The number of nitrogens with one attached hydrogen (secondary N) is 1. The lowest BCUT2D eigenvalue weighted by Crippen LogP contribution is -2.33. The minimum absolute atomic E-state index is 0.0418. The first-order chi connectivity index (χ1) is 8.35. The molecule has 1 aromatic heterocycles. The Morgan fingerprint density at radius 2 is 2.06 bits per heavy atom. The van der Waals surface area contributed by atoms with E-state index in [9.17, 15) is 13.2 Å². The largest absolute Gasteiger partial charge is 0.342 e. The average molecular weight is 275 g/mol. The van der Waals surface area contributed by atoms with Gasteiger partial charge in [0.15, 0.2) is 5.82 Å². The maximum atomic E-state index is 11.8. The number of hydrogen-bond acceptors (Lipinski definition) is 5. The van der Waals surface area contributed by atoms with Gasteiger partial charge in [0.2, 0.25) is 15.9 Å². The summed E-state index contributed by atoms with van der Waals surface area (Å²) in [7, 11) is -3.38. The molecule has 0 saturated heterocycles. The highest BCUT2D eigenvalue weighted by atomic mass is 32.2. The predicted octanol–water partition coefficient (Wildman–Crippen LogP) is -0.482. The third-order valence-electron chi connectivity index (χ3n) is 2.24. The summed E-state index contributed by atoms with van der Waals surface area (Å²) in [4.78, 5) is 13.4. The Labute approximate surface area is 106 Å². The molecule has 8 nitrogen and oxygen atoms in total. The normalized spacial score (nSPS) is 11.3. The maximum absolute atomic E-state index is 11.8. The number of carbonyl (C=O) groups excluding carboxylic acids is 1. The molecule has 102 valence electrons. The van der Waals surface area contributed by atoms with Gasteiger partial charge in [0.25, 0.3) is 0 Å². The summed E-state index contributed by atoms with van der Waals surface area (Å²) in [5.41, 5.74) is 0. The van der Waals surface area contributed by atoms with Crippen LogP contribution in [0.15, 0.2) is 6.20 Å². The Balaban J connectivity index is 2.67. The summed E-state index contributed by atoms with van der Waals surface area (Å²) in [5, 5.41) is 7.30. The number of amides is 1. The first-order valence-electron chi connectivity index (χ1n) is 5.51. The Bertz CT molecular complexity index is 506. The molecule has 0 aromatic carbocycles. The highest BCUT2D eigenvalue weighted by Crippen LogP contribution is 2.02. The van der Waals surface area contributed by atoms with Gasteiger partial charge in [-0.05, 0) is 13.8 Å². The highest BCUT2D eigenvalue weighted by molar-refractivity contribution is 7.92. The van der Waals surface area contributed by atoms with Gasteiger partial charge in [-0.15, -0.1) is 5.10 Å². The SMILES string of the molecule is CCN(CC)C(=O)Cn1cc(NS(C)(=O)=O)nn1. The highest BCUT2D eigenvalue weighted by Gasteiger charge is 2.12. The van der Waals surface area contributed by atoms with Crippen molar-refractivity contribution in [3.05, 3.63) is 6.20 Å². The van der Waals surface area contributed by atoms with Gasteiger partial charge in [0.05, 0.1) is 12.5 Å². The lowest BCUT2D eigenvalue weighted by atomic mass is 10.4. The Hall–Kier alpha value is -1.64. The number of sulfonamides is 1. The van der Waals surface area contributed by atoms with Gasteiger partial charge >= 0.3 is 0 Å². The summed E-state index contributed by atoms with van der Waals surface area (Å²) in [5.74, 6) is 0.0145. The molecular formula is C9H17N5O3S. The van der Waals surface area contributed by atoms with Crippen molar-refractivity contribution in [3.8, 4) is 0 Å². The lowest BCUT2D eigenvalue weighted by molar-refractivity contribution is -0.131. The van der Waals surface area contributed by atoms with Crippen LogP contribution in [0.3, 0.4) is 0 Å². The van der Waals surface area contributed by atoms with Crippen LogP contribution < -0.4 is 4.72 Å². The van der Waals surface area contributed by atoms with Gasteiger partial charge in [-0.3, -0.25) is 9.52 Å². The summed E-state index contributed by atoms with van der Waals surface area (Å²) >= 11 is 0. The molecule has 0 aliphatic rings. The molecule has 0 bridgehead atoms. The van der Waals surface area contributed by atoms with Gasteiger partial charge in [-0.2, -0.15) is 0 Å². The molecule has 0 unspecified atom stereocenters. The van der Waals surface area contributed by atoms with Gasteiger partial charge in [-0.1, -0.05) is 5.21 Å². The van der Waals surface area contributed by atoms with E-state index in [4.69, 9.17) is 0 Å². The smallest absolute Gasteiger partial charge is 0.244 e. The van der Waals surface area contributed by atoms with Gasteiger partial charge in [0, 0.05) is 13.1 Å². The number of aromatic nitrogens is 3. The molecular weight excluding hydrogens is 258 g/mol. The van der Waals surface area contributed by atoms with Crippen LogP contribution in [0.4, 0.5) is 5.82 Å². The monoisotopic (exact) mass is 275 g/mol. The molecule has 0 fully saturated rings. The summed E-state index contributed by atoms with van der Waals surface area (Å²) < 4.78 is 25.4. The zero-order chi connectivity index (χ0) is 13.8. The van der Waals surface area contributed by atoms with Crippen molar-refractivity contribution in [2.24, 2.45) is 0 Å². The fourth-order valence-corrected chi connectivity index (χ4v) is 1.90. The van der Waals surface area contributed by atoms with Crippen LogP contribution >= 0.6 is 0 Å². The molecule has 0 atom stereocenters. The Morgan fingerprint density at radius 1 is 1.44 bits per heavy atom. The second-order valence-corrected chi connectivity index (χ2v) is 5.49. The summed E-state index contributed by atoms with van der Waals surface area (Å²) in [6.45, 7) is 5.07. The fourth-order valence-electron chi connectivity index (χ4n) is 1.43. The van der Waals surface area contributed by atoms with Crippen molar-refractivity contribution in [1.29, 1.82) is 0 Å². The Morgan fingerprint density at radius 3 is 2.56 bits per heavy atom. The lowest BCUT2D eigenvalue weighted by Gasteiger charge is -2.17. The average Bonchev–Trinajstić information content (AvgIpc) is 2.64. The standard InChI is InChI=1S/C9H17N5O3S/c1-4-13(5-2)9(15)7-14-6-8(10-12-14)11-18(3,16)17/h6,11H,4-5,7H2,1-3H3. The van der Waals surface area contributed by atoms with Crippen molar-refractivity contribution in [2.45, 2.75) is 20.4 Å². The molecule has 18 heavy (non-hydrogen) atoms. The van der Waals surface area contributed by atoms with Crippen LogP contribution in [0.25, 0.3) is 0 Å². The van der Waals surface area contributed by atoms with E-state index in [1.54, 1.807) is 4.90 Å². The topological polar surface area (TPSA) is 97.2 Å². The van der Waals surface area contributed by atoms with Gasteiger partial charge < -0.3 is 4.90 Å². The van der Waals surface area contributed by atoms with E-state index in [0.717, 1.165) is 6.26 Å². The van der Waals surface area contributed by atoms with Crippen LogP contribution in [0.2, 0.25) is 0 Å². The Kier molecular flexibility index (Phi) is 4.65. The fraction of sp³-hybridized carbons (Fsp3) is 0.667. The first-order valence-corrected chi connectivity index (χ1v) is 7.40. The van der Waals surface area contributed by atoms with Crippen molar-refractivity contribution in [3.63, 3.8) is 0 Å². The molecule has 1 N–H and O–H groups in total. The van der Waals surface area contributed by atoms with E-state index in [2.05, 4.69) is 15.0 Å². The van der Waals surface area contributed by atoms with Crippen molar-refractivity contribution in [1.82, 2.24) is 19.9 Å². The second kappa shape index (κ2) is 5.80. The molecule has 1 aromatic rings. The van der Waals surface area contributed by atoms with Crippen LogP contribution in [0, 0.1) is 0 Å². The van der Waals surface area contributed by atoms with Crippen LogP contribution in [-0.2, 0) is 21.4 Å². The van der Waals surface area contributed by atoms with E-state index in [1.165, 1.54) is 10.9 Å². The third kappa shape index (κ3) is 4.32. The molecule has 1 rings (SSSR count). The zero-order valence-electron chi connectivity index (χ0n) is 10.6. The van der Waals surface area contributed by atoms with Gasteiger partial charge in [-0.25, -0.2) is 13.1 Å². The first kappa shape index (κ1) is 14.4.